The van der Waals surface area contributed by atoms with E-state index in [4.69, 9.17) is 5.73 Å². The normalized spacial score (nSPS) is 23.5. The summed E-state index contributed by atoms with van der Waals surface area (Å²) in [6.45, 7) is 5.84. The number of hydrogen-bond donors (Lipinski definition) is 1. The van der Waals surface area contributed by atoms with Crippen LogP contribution in [-0.4, -0.2) is 17.5 Å². The van der Waals surface area contributed by atoms with Gasteiger partial charge in [0.05, 0.1) is 0 Å². The van der Waals surface area contributed by atoms with Gasteiger partial charge in [-0.3, -0.25) is 4.90 Å². The number of nitrogens with zero attached hydrogens (tertiary/aromatic N) is 1. The van der Waals surface area contributed by atoms with Crippen molar-refractivity contribution in [3.05, 3.63) is 29.8 Å². The lowest BCUT2D eigenvalue weighted by Gasteiger charge is -2.30. The number of rotatable bonds is 3. The molecule has 1 aliphatic rings. The van der Waals surface area contributed by atoms with E-state index in [1.165, 1.54) is 31.4 Å². The maximum absolute atomic E-state index is 5.72. The van der Waals surface area contributed by atoms with Gasteiger partial charge >= 0.3 is 0 Å². The standard InChI is InChI=1S/C14H22N2/c1-3-14-5-4-10-16(14)11(2)12-6-8-13(15)9-7-12/h6-9,11,14H,3-5,10,15H2,1-2H3. The highest BCUT2D eigenvalue weighted by Gasteiger charge is 2.27. The Morgan fingerprint density at radius 2 is 2.06 bits per heavy atom. The molecule has 1 aromatic carbocycles. The summed E-state index contributed by atoms with van der Waals surface area (Å²) in [4.78, 5) is 2.63. The van der Waals surface area contributed by atoms with Gasteiger partial charge in [-0.1, -0.05) is 19.1 Å². The molecular formula is C14H22N2. The molecule has 0 aromatic heterocycles. The van der Waals surface area contributed by atoms with E-state index in [0.717, 1.165) is 11.7 Å². The largest absolute Gasteiger partial charge is 0.399 e. The van der Waals surface area contributed by atoms with Crippen LogP contribution < -0.4 is 5.73 Å². The van der Waals surface area contributed by atoms with Crippen LogP contribution in [0.25, 0.3) is 0 Å². The number of likely N-dealkylation sites (tertiary alicyclic amines) is 1. The third kappa shape index (κ3) is 2.22. The first kappa shape index (κ1) is 11.5. The van der Waals surface area contributed by atoms with Crippen molar-refractivity contribution >= 4 is 5.69 Å². The molecule has 16 heavy (non-hydrogen) atoms. The van der Waals surface area contributed by atoms with Crippen molar-refractivity contribution in [2.24, 2.45) is 0 Å². The van der Waals surface area contributed by atoms with Crippen LogP contribution in [0.1, 0.15) is 44.7 Å². The Morgan fingerprint density at radius 1 is 1.38 bits per heavy atom. The summed E-state index contributed by atoms with van der Waals surface area (Å²) in [6, 6.07) is 9.61. The zero-order chi connectivity index (χ0) is 11.5. The second kappa shape index (κ2) is 4.88. The van der Waals surface area contributed by atoms with Crippen molar-refractivity contribution in [3.8, 4) is 0 Å². The lowest BCUT2D eigenvalue weighted by atomic mass is 10.0. The number of anilines is 1. The number of nitrogen functional groups attached to an aromatic ring is 1. The van der Waals surface area contributed by atoms with E-state index in [0.29, 0.717) is 6.04 Å². The van der Waals surface area contributed by atoms with Crippen LogP contribution in [0.15, 0.2) is 24.3 Å². The summed E-state index contributed by atoms with van der Waals surface area (Å²) in [7, 11) is 0. The molecule has 1 fully saturated rings. The van der Waals surface area contributed by atoms with Crippen molar-refractivity contribution in [2.45, 2.75) is 45.2 Å². The van der Waals surface area contributed by atoms with Gasteiger partial charge in [0.25, 0.3) is 0 Å². The Bertz CT molecular complexity index is 331. The van der Waals surface area contributed by atoms with E-state index < -0.39 is 0 Å². The second-order valence-electron chi connectivity index (χ2n) is 4.78. The van der Waals surface area contributed by atoms with Crippen LogP contribution >= 0.6 is 0 Å². The van der Waals surface area contributed by atoms with Crippen molar-refractivity contribution in [3.63, 3.8) is 0 Å². The lowest BCUT2D eigenvalue weighted by Crippen LogP contribution is -2.31. The predicted molar refractivity (Wildman–Crippen MR) is 69.3 cm³/mol. The molecule has 1 aliphatic heterocycles. The average molecular weight is 218 g/mol. The van der Waals surface area contributed by atoms with Gasteiger partial charge in [0.1, 0.15) is 0 Å². The van der Waals surface area contributed by atoms with E-state index in [2.05, 4.69) is 30.9 Å². The molecular weight excluding hydrogens is 196 g/mol. The first-order valence-corrected chi connectivity index (χ1v) is 6.33. The van der Waals surface area contributed by atoms with Crippen molar-refractivity contribution < 1.29 is 0 Å². The average Bonchev–Trinajstić information content (AvgIpc) is 2.77. The fourth-order valence-electron chi connectivity index (χ4n) is 2.77. The topological polar surface area (TPSA) is 29.3 Å². The van der Waals surface area contributed by atoms with Crippen LogP contribution in [0.4, 0.5) is 5.69 Å². The molecule has 0 bridgehead atoms. The summed E-state index contributed by atoms with van der Waals surface area (Å²) in [5, 5.41) is 0. The smallest absolute Gasteiger partial charge is 0.0322 e. The van der Waals surface area contributed by atoms with E-state index >= 15 is 0 Å². The van der Waals surface area contributed by atoms with E-state index in [1.54, 1.807) is 0 Å². The van der Waals surface area contributed by atoms with Gasteiger partial charge < -0.3 is 5.73 Å². The quantitative estimate of drug-likeness (QED) is 0.789. The van der Waals surface area contributed by atoms with E-state index in [9.17, 15) is 0 Å². The molecule has 0 saturated carbocycles. The summed E-state index contributed by atoms with van der Waals surface area (Å²) >= 11 is 0. The van der Waals surface area contributed by atoms with Gasteiger partial charge in [-0.05, 0) is 50.4 Å². The van der Waals surface area contributed by atoms with Crippen LogP contribution in [-0.2, 0) is 0 Å². The Kier molecular flexibility index (Phi) is 3.49. The SMILES string of the molecule is CCC1CCCN1C(C)c1ccc(N)cc1. The third-order valence-corrected chi connectivity index (χ3v) is 3.81. The molecule has 2 rings (SSSR count). The molecule has 0 spiro atoms. The molecule has 1 heterocycles. The highest BCUT2D eigenvalue weighted by molar-refractivity contribution is 5.40. The number of nitrogens with two attached hydrogens (primary N) is 1. The van der Waals surface area contributed by atoms with Crippen LogP contribution in [0.3, 0.4) is 0 Å². The Labute approximate surface area is 98.4 Å². The highest BCUT2D eigenvalue weighted by Crippen LogP contribution is 2.30. The van der Waals surface area contributed by atoms with Crippen LogP contribution in [0.2, 0.25) is 0 Å². The zero-order valence-corrected chi connectivity index (χ0v) is 10.3. The maximum Gasteiger partial charge on any atom is 0.0322 e. The van der Waals surface area contributed by atoms with Crippen LogP contribution in [0.5, 0.6) is 0 Å². The monoisotopic (exact) mass is 218 g/mol. The van der Waals surface area contributed by atoms with Gasteiger partial charge in [0.2, 0.25) is 0 Å². The summed E-state index contributed by atoms with van der Waals surface area (Å²) < 4.78 is 0. The third-order valence-electron chi connectivity index (χ3n) is 3.81. The molecule has 1 aromatic rings. The zero-order valence-electron chi connectivity index (χ0n) is 10.3. The van der Waals surface area contributed by atoms with Gasteiger partial charge in [-0.2, -0.15) is 0 Å². The summed E-state index contributed by atoms with van der Waals surface area (Å²) in [5.74, 6) is 0. The Balaban J connectivity index is 2.12. The van der Waals surface area contributed by atoms with Gasteiger partial charge in [-0.25, -0.2) is 0 Å². The minimum absolute atomic E-state index is 0.521. The van der Waals surface area contributed by atoms with Crippen LogP contribution in [0, 0.1) is 0 Å². The fraction of sp³-hybridized carbons (Fsp3) is 0.571. The second-order valence-corrected chi connectivity index (χ2v) is 4.78. The molecule has 2 heteroatoms. The minimum atomic E-state index is 0.521. The molecule has 0 amide bonds. The Morgan fingerprint density at radius 3 is 2.69 bits per heavy atom. The molecule has 2 atom stereocenters. The molecule has 2 N–H and O–H groups in total. The molecule has 2 unspecified atom stereocenters. The first-order valence-electron chi connectivity index (χ1n) is 6.33. The fourth-order valence-corrected chi connectivity index (χ4v) is 2.77. The van der Waals surface area contributed by atoms with Gasteiger partial charge in [0.15, 0.2) is 0 Å². The van der Waals surface area contributed by atoms with E-state index in [1.807, 2.05) is 12.1 Å². The molecule has 88 valence electrons. The van der Waals surface area contributed by atoms with Crippen molar-refractivity contribution in [2.75, 3.05) is 12.3 Å². The van der Waals surface area contributed by atoms with Crippen molar-refractivity contribution in [1.82, 2.24) is 4.90 Å². The summed E-state index contributed by atoms with van der Waals surface area (Å²) in [6.07, 6.45) is 3.97. The van der Waals surface area contributed by atoms with Crippen molar-refractivity contribution in [1.29, 1.82) is 0 Å². The highest BCUT2D eigenvalue weighted by atomic mass is 15.2. The Hall–Kier alpha value is -1.02. The van der Waals surface area contributed by atoms with Gasteiger partial charge in [-0.15, -0.1) is 0 Å². The van der Waals surface area contributed by atoms with Gasteiger partial charge in [0, 0.05) is 17.8 Å². The minimum Gasteiger partial charge on any atom is -0.399 e. The molecule has 0 radical (unpaired) electrons. The molecule has 2 nitrogen and oxygen atoms in total. The number of benzene rings is 1. The summed E-state index contributed by atoms with van der Waals surface area (Å²) in [5.41, 5.74) is 7.96. The predicted octanol–water partition coefficient (Wildman–Crippen LogP) is 3.20. The molecule has 0 aliphatic carbocycles. The maximum atomic E-state index is 5.72. The lowest BCUT2D eigenvalue weighted by molar-refractivity contribution is 0.188. The first-order chi connectivity index (χ1) is 7.72. The van der Waals surface area contributed by atoms with E-state index in [-0.39, 0.29) is 0 Å². The number of hydrogen-bond acceptors (Lipinski definition) is 2. The molecule has 1 saturated heterocycles.